The average molecular weight is 476 g/mol. The van der Waals surface area contributed by atoms with Gasteiger partial charge in [-0.3, -0.25) is 19.3 Å². The van der Waals surface area contributed by atoms with Crippen molar-refractivity contribution in [2.75, 3.05) is 36.8 Å². The number of aryl methyl sites for hydroxylation is 1. The molecule has 10 heteroatoms. The van der Waals surface area contributed by atoms with Crippen LogP contribution in [0.4, 0.5) is 24.5 Å². The number of benzene rings is 2. The zero-order valence-corrected chi connectivity index (χ0v) is 19.2. The highest BCUT2D eigenvalue weighted by Gasteiger charge is 2.33. The van der Waals surface area contributed by atoms with Crippen LogP contribution in [0.1, 0.15) is 36.6 Å². The molecule has 2 N–H and O–H groups in total. The van der Waals surface area contributed by atoms with Crippen molar-refractivity contribution in [3.63, 3.8) is 0 Å². The fraction of sp³-hybridized carbons (Fsp3) is 0.375. The normalized spacial score (nSPS) is 16.8. The Morgan fingerprint density at radius 3 is 2.26 bits per heavy atom. The van der Waals surface area contributed by atoms with E-state index in [1.165, 1.54) is 26.0 Å². The number of hydrogen-bond donors (Lipinski definition) is 2. The van der Waals surface area contributed by atoms with Gasteiger partial charge in [0.2, 0.25) is 17.7 Å². The Bertz CT molecular complexity index is 1070. The molecule has 1 aliphatic rings. The van der Waals surface area contributed by atoms with Crippen molar-refractivity contribution >= 4 is 29.1 Å². The number of hydrogen-bond acceptors (Lipinski definition) is 4. The van der Waals surface area contributed by atoms with Gasteiger partial charge in [-0.2, -0.15) is 13.2 Å². The summed E-state index contributed by atoms with van der Waals surface area (Å²) >= 11 is 0. The minimum atomic E-state index is -4.44. The second-order valence-electron chi connectivity index (χ2n) is 8.34. The van der Waals surface area contributed by atoms with Crippen LogP contribution in [0.15, 0.2) is 42.5 Å². The molecule has 0 spiro atoms. The number of halogens is 3. The van der Waals surface area contributed by atoms with Crippen molar-refractivity contribution in [1.29, 1.82) is 0 Å². The molecule has 1 unspecified atom stereocenters. The van der Waals surface area contributed by atoms with Crippen molar-refractivity contribution in [3.05, 3.63) is 59.2 Å². The summed E-state index contributed by atoms with van der Waals surface area (Å²) in [6.07, 6.45) is -4.44. The molecule has 1 saturated heterocycles. The van der Waals surface area contributed by atoms with E-state index in [4.69, 9.17) is 0 Å². The lowest BCUT2D eigenvalue weighted by molar-refractivity contribution is -0.138. The molecule has 34 heavy (non-hydrogen) atoms. The highest BCUT2D eigenvalue weighted by atomic mass is 19.4. The van der Waals surface area contributed by atoms with Crippen LogP contribution in [-0.2, 0) is 20.6 Å². The molecule has 2 aromatic carbocycles. The highest BCUT2D eigenvalue weighted by Crippen LogP contribution is 2.32. The second-order valence-corrected chi connectivity index (χ2v) is 8.34. The van der Waals surface area contributed by atoms with Gasteiger partial charge in [-0.15, -0.1) is 0 Å². The Morgan fingerprint density at radius 2 is 1.68 bits per heavy atom. The van der Waals surface area contributed by atoms with E-state index >= 15 is 0 Å². The van der Waals surface area contributed by atoms with E-state index < -0.39 is 17.8 Å². The summed E-state index contributed by atoms with van der Waals surface area (Å²) in [5.41, 5.74) is 1.80. The molecule has 1 aliphatic heterocycles. The summed E-state index contributed by atoms with van der Waals surface area (Å²) in [6.45, 7) is 5.82. The minimum Gasteiger partial charge on any atom is -0.333 e. The molecule has 0 radical (unpaired) electrons. The van der Waals surface area contributed by atoms with Gasteiger partial charge in [0, 0.05) is 44.9 Å². The smallest absolute Gasteiger partial charge is 0.333 e. The first kappa shape index (κ1) is 25.2. The third kappa shape index (κ3) is 6.34. The van der Waals surface area contributed by atoms with Gasteiger partial charge in [-0.25, -0.2) is 0 Å². The number of amides is 3. The van der Waals surface area contributed by atoms with Crippen molar-refractivity contribution in [2.24, 2.45) is 0 Å². The number of carbonyl (C=O) groups excluding carboxylic acids is 3. The second kappa shape index (κ2) is 10.3. The molecule has 1 heterocycles. The van der Waals surface area contributed by atoms with Crippen LogP contribution in [0, 0.1) is 6.92 Å². The van der Waals surface area contributed by atoms with Crippen LogP contribution in [0.2, 0.25) is 0 Å². The molecule has 7 nitrogen and oxygen atoms in total. The Kier molecular flexibility index (Phi) is 7.61. The van der Waals surface area contributed by atoms with Crippen molar-refractivity contribution in [2.45, 2.75) is 33.0 Å². The van der Waals surface area contributed by atoms with Crippen LogP contribution in [0.5, 0.6) is 0 Å². The molecule has 1 atom stereocenters. The molecule has 2 aromatic rings. The topological polar surface area (TPSA) is 81.8 Å². The molecule has 3 amide bonds. The quantitative estimate of drug-likeness (QED) is 0.688. The van der Waals surface area contributed by atoms with Crippen molar-refractivity contribution in [3.8, 4) is 0 Å². The van der Waals surface area contributed by atoms with Gasteiger partial charge in [0.25, 0.3) is 0 Å². The summed E-state index contributed by atoms with van der Waals surface area (Å²) in [7, 11) is 0. The molecule has 182 valence electrons. The zero-order chi connectivity index (χ0) is 25.0. The number of piperazine rings is 1. The Hall–Kier alpha value is -3.40. The number of nitrogens with one attached hydrogen (secondary N) is 2. The Labute approximate surface area is 195 Å². The lowest BCUT2D eigenvalue weighted by Crippen LogP contribution is -2.51. The molecule has 0 bridgehead atoms. The SMILES string of the molecule is CC(=O)Nc1cc(NC(=O)CN2CCN(C(C)=O)C(c3ccc(C(F)(F)F)cc3)C2)ccc1C. The largest absolute Gasteiger partial charge is 0.416 e. The summed E-state index contributed by atoms with van der Waals surface area (Å²) < 4.78 is 38.8. The zero-order valence-electron chi connectivity index (χ0n) is 19.2. The first-order chi connectivity index (χ1) is 15.9. The third-order valence-electron chi connectivity index (χ3n) is 5.69. The maximum atomic E-state index is 12.9. The van der Waals surface area contributed by atoms with Crippen LogP contribution < -0.4 is 10.6 Å². The number of alkyl halides is 3. The summed E-state index contributed by atoms with van der Waals surface area (Å²) in [6, 6.07) is 9.49. The van der Waals surface area contributed by atoms with Crippen LogP contribution >= 0.6 is 0 Å². The lowest BCUT2D eigenvalue weighted by atomic mass is 10.0. The first-order valence-corrected chi connectivity index (χ1v) is 10.8. The third-order valence-corrected chi connectivity index (χ3v) is 5.69. The minimum absolute atomic E-state index is 0.0478. The lowest BCUT2D eigenvalue weighted by Gasteiger charge is -2.41. The monoisotopic (exact) mass is 476 g/mol. The molecular weight excluding hydrogens is 449 g/mol. The van der Waals surface area contributed by atoms with Crippen LogP contribution in [-0.4, -0.2) is 53.7 Å². The van der Waals surface area contributed by atoms with Gasteiger partial charge in [0.1, 0.15) is 0 Å². The predicted octanol–water partition coefficient (Wildman–Crippen LogP) is 3.82. The van der Waals surface area contributed by atoms with E-state index in [9.17, 15) is 27.6 Å². The van der Waals surface area contributed by atoms with Gasteiger partial charge < -0.3 is 15.5 Å². The van der Waals surface area contributed by atoms with E-state index in [1.54, 1.807) is 23.1 Å². The summed E-state index contributed by atoms with van der Waals surface area (Å²) in [5, 5.41) is 5.52. The van der Waals surface area contributed by atoms with Crippen LogP contribution in [0.25, 0.3) is 0 Å². The van der Waals surface area contributed by atoms with Crippen molar-refractivity contribution in [1.82, 2.24) is 9.80 Å². The van der Waals surface area contributed by atoms with Gasteiger partial charge in [-0.1, -0.05) is 18.2 Å². The van der Waals surface area contributed by atoms with Gasteiger partial charge >= 0.3 is 6.18 Å². The maximum absolute atomic E-state index is 12.9. The van der Waals surface area contributed by atoms with Crippen molar-refractivity contribution < 1.29 is 27.6 Å². The van der Waals surface area contributed by atoms with E-state index in [2.05, 4.69) is 10.6 Å². The van der Waals surface area contributed by atoms with Gasteiger partial charge in [-0.05, 0) is 42.3 Å². The Balaban J connectivity index is 1.69. The van der Waals surface area contributed by atoms with Gasteiger partial charge in [0.05, 0.1) is 18.2 Å². The number of nitrogens with zero attached hydrogens (tertiary/aromatic N) is 2. The molecular formula is C24H27F3N4O3. The summed E-state index contributed by atoms with van der Waals surface area (Å²) in [4.78, 5) is 39.6. The van der Waals surface area contributed by atoms with E-state index in [0.717, 1.165) is 17.7 Å². The predicted molar refractivity (Wildman–Crippen MR) is 122 cm³/mol. The molecule has 0 saturated carbocycles. The molecule has 1 fully saturated rings. The first-order valence-electron chi connectivity index (χ1n) is 10.8. The fourth-order valence-electron chi connectivity index (χ4n) is 3.97. The number of anilines is 2. The summed E-state index contributed by atoms with van der Waals surface area (Å²) in [5.74, 6) is -0.677. The van der Waals surface area contributed by atoms with E-state index in [0.29, 0.717) is 36.6 Å². The number of rotatable bonds is 5. The Morgan fingerprint density at radius 1 is 1.00 bits per heavy atom. The standard InChI is InChI=1S/C24H27F3N4O3/c1-15-4-9-20(12-21(15)28-16(2)32)29-23(34)14-30-10-11-31(17(3)33)22(13-30)18-5-7-19(8-6-18)24(25,26)27/h4-9,12,22H,10-11,13-14H2,1-3H3,(H,28,32)(H,29,34). The van der Waals surface area contributed by atoms with E-state index in [1.807, 2.05) is 11.8 Å². The molecule has 0 aliphatic carbocycles. The average Bonchev–Trinajstić information content (AvgIpc) is 2.75. The van der Waals surface area contributed by atoms with E-state index in [-0.39, 0.29) is 24.3 Å². The van der Waals surface area contributed by atoms with Crippen LogP contribution in [0.3, 0.4) is 0 Å². The highest BCUT2D eigenvalue weighted by molar-refractivity contribution is 5.94. The molecule has 3 rings (SSSR count). The maximum Gasteiger partial charge on any atom is 0.416 e. The number of carbonyl (C=O) groups is 3. The van der Waals surface area contributed by atoms with Gasteiger partial charge in [0.15, 0.2) is 0 Å². The fourth-order valence-corrected chi connectivity index (χ4v) is 3.97. The molecule has 0 aromatic heterocycles.